The van der Waals surface area contributed by atoms with Gasteiger partial charge in [-0.15, -0.1) is 0 Å². The summed E-state index contributed by atoms with van der Waals surface area (Å²) in [6.45, 7) is 2.00. The van der Waals surface area contributed by atoms with Crippen molar-refractivity contribution in [2.45, 2.75) is 6.18 Å². The zero-order valence-electron chi connectivity index (χ0n) is 18.9. The van der Waals surface area contributed by atoms with Gasteiger partial charge >= 0.3 is 6.18 Å². The second kappa shape index (κ2) is 10.3. The van der Waals surface area contributed by atoms with Gasteiger partial charge in [0.25, 0.3) is 5.91 Å². The highest BCUT2D eigenvalue weighted by molar-refractivity contribution is 5.94. The monoisotopic (exact) mass is 488 g/mol. The van der Waals surface area contributed by atoms with E-state index in [-0.39, 0.29) is 17.3 Å². The quantitative estimate of drug-likeness (QED) is 0.510. The number of nitrogens with zero attached hydrogens (tertiary/aromatic N) is 4. The number of hydrogen-bond donors (Lipinski definition) is 2. The first-order valence-electron chi connectivity index (χ1n) is 11.0. The first-order chi connectivity index (χ1) is 16.7. The van der Waals surface area contributed by atoms with Crippen LogP contribution in [0.25, 0.3) is 11.3 Å². The number of carbonyl (C=O) groups is 1. The normalized spacial score (nSPS) is 14.6. The summed E-state index contributed by atoms with van der Waals surface area (Å²) >= 11 is 0. The molecule has 0 bridgehead atoms. The Morgan fingerprint density at radius 1 is 1.03 bits per heavy atom. The number of nitrogens with one attached hydrogen (secondary N) is 2. The zero-order valence-corrected chi connectivity index (χ0v) is 18.9. The lowest BCUT2D eigenvalue weighted by molar-refractivity contribution is -0.123. The van der Waals surface area contributed by atoms with E-state index < -0.39 is 18.6 Å². The fraction of sp³-hybridized carbons (Fsp3) is 0.292. The molecule has 1 fully saturated rings. The summed E-state index contributed by atoms with van der Waals surface area (Å²) < 4.78 is 51.2. The number of benzene rings is 2. The molecule has 4 rings (SSSR count). The highest BCUT2D eigenvalue weighted by atomic mass is 19.4. The van der Waals surface area contributed by atoms with E-state index in [0.717, 1.165) is 31.9 Å². The number of rotatable bonds is 6. The fourth-order valence-corrected chi connectivity index (χ4v) is 3.68. The van der Waals surface area contributed by atoms with Gasteiger partial charge in [0.1, 0.15) is 12.4 Å². The number of carbonyl (C=O) groups excluding carboxylic acids is 1. The van der Waals surface area contributed by atoms with Crippen LogP contribution < -0.4 is 15.5 Å². The van der Waals surface area contributed by atoms with Crippen LogP contribution in [-0.4, -0.2) is 66.7 Å². The van der Waals surface area contributed by atoms with E-state index in [0.29, 0.717) is 16.9 Å². The van der Waals surface area contributed by atoms with Crippen molar-refractivity contribution in [3.8, 4) is 11.3 Å². The molecule has 1 aliphatic heterocycles. The molecule has 2 heterocycles. The molecule has 1 aliphatic rings. The number of likely N-dealkylation sites (N-methyl/N-ethyl adjacent to an activating group) is 1. The van der Waals surface area contributed by atoms with Crippen molar-refractivity contribution < 1.29 is 22.4 Å². The van der Waals surface area contributed by atoms with Gasteiger partial charge in [-0.2, -0.15) is 13.2 Å². The van der Waals surface area contributed by atoms with E-state index in [1.165, 1.54) is 30.5 Å². The molecule has 35 heavy (non-hydrogen) atoms. The molecule has 1 saturated heterocycles. The predicted octanol–water partition coefficient (Wildman–Crippen LogP) is 4.07. The zero-order chi connectivity index (χ0) is 25.0. The third-order valence-electron chi connectivity index (χ3n) is 5.55. The number of anilines is 3. The molecule has 0 radical (unpaired) electrons. The summed E-state index contributed by atoms with van der Waals surface area (Å²) in [6, 6.07) is 12.4. The highest BCUT2D eigenvalue weighted by Gasteiger charge is 2.27. The van der Waals surface area contributed by atoms with Crippen LogP contribution in [0.4, 0.5) is 34.9 Å². The van der Waals surface area contributed by atoms with Gasteiger partial charge in [0.2, 0.25) is 5.95 Å². The maximum absolute atomic E-state index is 14.3. The highest BCUT2D eigenvalue weighted by Crippen LogP contribution is 2.26. The lowest BCUT2D eigenvalue weighted by atomic mass is 10.1. The Balaban J connectivity index is 1.46. The SMILES string of the molecule is CN1CCN(c2cc(F)cc(Nc3nccc(-c4ccc(C(=O)NCC(F)(F)F)cc4)n3)c2)CC1. The molecule has 11 heteroatoms. The lowest BCUT2D eigenvalue weighted by Crippen LogP contribution is -2.44. The molecular weight excluding hydrogens is 464 g/mol. The molecule has 1 amide bonds. The van der Waals surface area contributed by atoms with Crippen molar-refractivity contribution in [3.05, 3.63) is 66.1 Å². The number of piperazine rings is 1. The van der Waals surface area contributed by atoms with Crippen LogP contribution >= 0.6 is 0 Å². The van der Waals surface area contributed by atoms with Crippen molar-refractivity contribution >= 4 is 23.2 Å². The Hall–Kier alpha value is -3.73. The molecule has 0 aliphatic carbocycles. The molecule has 2 N–H and O–H groups in total. The van der Waals surface area contributed by atoms with Gasteiger partial charge in [0, 0.05) is 54.9 Å². The van der Waals surface area contributed by atoms with E-state index in [2.05, 4.69) is 32.1 Å². The van der Waals surface area contributed by atoms with Gasteiger partial charge in [-0.1, -0.05) is 12.1 Å². The smallest absolute Gasteiger partial charge is 0.369 e. The van der Waals surface area contributed by atoms with Crippen molar-refractivity contribution in [2.24, 2.45) is 0 Å². The predicted molar refractivity (Wildman–Crippen MR) is 125 cm³/mol. The Labute approximate surface area is 199 Å². The lowest BCUT2D eigenvalue weighted by Gasteiger charge is -2.34. The van der Waals surface area contributed by atoms with Crippen LogP contribution in [0.2, 0.25) is 0 Å². The van der Waals surface area contributed by atoms with Crippen LogP contribution in [0.15, 0.2) is 54.7 Å². The van der Waals surface area contributed by atoms with Crippen LogP contribution in [0.5, 0.6) is 0 Å². The average Bonchev–Trinajstić information content (AvgIpc) is 2.82. The summed E-state index contributed by atoms with van der Waals surface area (Å²) in [5.41, 5.74) is 2.55. The van der Waals surface area contributed by atoms with Gasteiger partial charge in [-0.3, -0.25) is 4.79 Å². The van der Waals surface area contributed by atoms with Crippen LogP contribution in [-0.2, 0) is 0 Å². The number of halogens is 4. The molecule has 0 unspecified atom stereocenters. The molecule has 1 aromatic heterocycles. The van der Waals surface area contributed by atoms with Crippen molar-refractivity contribution in [3.63, 3.8) is 0 Å². The largest absolute Gasteiger partial charge is 0.405 e. The number of alkyl halides is 3. The van der Waals surface area contributed by atoms with Crippen LogP contribution in [0.3, 0.4) is 0 Å². The summed E-state index contributed by atoms with van der Waals surface area (Å²) in [5, 5.41) is 4.87. The first-order valence-corrected chi connectivity index (χ1v) is 11.0. The molecule has 3 aromatic rings. The molecule has 2 aromatic carbocycles. The standard InChI is InChI=1S/C24H24F4N6O/c1-33-8-10-34(11-9-33)20-13-18(25)12-19(14-20)31-23-29-7-6-21(32-23)16-2-4-17(5-3-16)22(35)30-15-24(26,27)28/h2-7,12-14H,8-11,15H2,1H3,(H,30,35)(H,29,31,32). The second-order valence-electron chi connectivity index (χ2n) is 8.25. The Bertz CT molecular complexity index is 1180. The van der Waals surface area contributed by atoms with Gasteiger partial charge in [0.15, 0.2) is 0 Å². The van der Waals surface area contributed by atoms with E-state index in [1.807, 2.05) is 11.4 Å². The van der Waals surface area contributed by atoms with Crippen LogP contribution in [0.1, 0.15) is 10.4 Å². The fourth-order valence-electron chi connectivity index (χ4n) is 3.68. The van der Waals surface area contributed by atoms with Crippen LogP contribution in [0, 0.1) is 5.82 Å². The van der Waals surface area contributed by atoms with E-state index >= 15 is 0 Å². The van der Waals surface area contributed by atoms with E-state index in [9.17, 15) is 22.4 Å². The molecule has 184 valence electrons. The number of amides is 1. The topological polar surface area (TPSA) is 73.4 Å². The molecule has 7 nitrogen and oxygen atoms in total. The first kappa shape index (κ1) is 24.4. The van der Waals surface area contributed by atoms with Gasteiger partial charge in [0.05, 0.1) is 5.69 Å². The maximum atomic E-state index is 14.3. The van der Waals surface area contributed by atoms with Crippen molar-refractivity contribution in [1.29, 1.82) is 0 Å². The molecule has 0 spiro atoms. The molecular formula is C24H24F4N6O. The Kier molecular flexibility index (Phi) is 7.15. The Morgan fingerprint density at radius 2 is 1.74 bits per heavy atom. The Morgan fingerprint density at radius 3 is 2.43 bits per heavy atom. The van der Waals surface area contributed by atoms with Gasteiger partial charge in [-0.25, -0.2) is 14.4 Å². The van der Waals surface area contributed by atoms with E-state index in [1.54, 1.807) is 18.2 Å². The summed E-state index contributed by atoms with van der Waals surface area (Å²) in [4.78, 5) is 24.9. The minimum Gasteiger partial charge on any atom is -0.369 e. The minimum atomic E-state index is -4.48. The third-order valence-corrected chi connectivity index (χ3v) is 5.55. The summed E-state index contributed by atoms with van der Waals surface area (Å²) in [6.07, 6.45) is -2.94. The second-order valence-corrected chi connectivity index (χ2v) is 8.25. The summed E-state index contributed by atoms with van der Waals surface area (Å²) in [7, 11) is 2.05. The molecule has 0 saturated carbocycles. The van der Waals surface area contributed by atoms with E-state index in [4.69, 9.17) is 0 Å². The third kappa shape index (κ3) is 6.66. The van der Waals surface area contributed by atoms with Crippen molar-refractivity contribution in [2.75, 3.05) is 50.0 Å². The maximum Gasteiger partial charge on any atom is 0.405 e. The van der Waals surface area contributed by atoms with Gasteiger partial charge in [-0.05, 0) is 43.4 Å². The number of aromatic nitrogens is 2. The summed E-state index contributed by atoms with van der Waals surface area (Å²) in [5.74, 6) is -0.940. The van der Waals surface area contributed by atoms with Crippen molar-refractivity contribution in [1.82, 2.24) is 20.2 Å². The minimum absolute atomic E-state index is 0.0987. The van der Waals surface area contributed by atoms with Gasteiger partial charge < -0.3 is 20.4 Å². The number of hydrogen-bond acceptors (Lipinski definition) is 6. The average molecular weight is 488 g/mol. The molecule has 0 atom stereocenters.